The van der Waals surface area contributed by atoms with Gasteiger partial charge in [-0.25, -0.2) is 4.79 Å². The van der Waals surface area contributed by atoms with Gasteiger partial charge < -0.3 is 10.4 Å². The lowest BCUT2D eigenvalue weighted by atomic mass is 9.75. The Hall–Kier alpha value is -1.84. The van der Waals surface area contributed by atoms with Crippen molar-refractivity contribution < 1.29 is 14.7 Å². The highest BCUT2D eigenvalue weighted by molar-refractivity contribution is 5.88. The number of hydrogen-bond acceptors (Lipinski definition) is 2. The number of amides is 1. The molecule has 4 heteroatoms. The number of nitrogens with one attached hydrogen (secondary N) is 1. The van der Waals surface area contributed by atoms with E-state index in [9.17, 15) is 14.7 Å². The van der Waals surface area contributed by atoms with Crippen LogP contribution in [0.3, 0.4) is 0 Å². The van der Waals surface area contributed by atoms with Crippen LogP contribution < -0.4 is 5.32 Å². The van der Waals surface area contributed by atoms with Crippen LogP contribution in [0, 0.1) is 19.8 Å². The molecule has 1 fully saturated rings. The van der Waals surface area contributed by atoms with Gasteiger partial charge in [-0.05, 0) is 56.6 Å². The predicted molar refractivity (Wildman–Crippen MR) is 90.4 cm³/mol. The van der Waals surface area contributed by atoms with Crippen molar-refractivity contribution in [3.05, 3.63) is 34.9 Å². The van der Waals surface area contributed by atoms with Gasteiger partial charge in [0.25, 0.3) is 0 Å². The molecule has 1 amide bonds. The summed E-state index contributed by atoms with van der Waals surface area (Å²) in [6.45, 7) is 6.13. The van der Waals surface area contributed by atoms with Crippen LogP contribution in [0.15, 0.2) is 18.2 Å². The Morgan fingerprint density at radius 2 is 1.91 bits per heavy atom. The molecule has 0 heterocycles. The molecule has 0 saturated heterocycles. The third-order valence-corrected chi connectivity index (χ3v) is 5.17. The minimum Gasteiger partial charge on any atom is -0.480 e. The minimum atomic E-state index is -1.08. The highest BCUT2D eigenvalue weighted by atomic mass is 16.4. The fourth-order valence-corrected chi connectivity index (χ4v) is 3.50. The molecular weight excluding hydrogens is 290 g/mol. The van der Waals surface area contributed by atoms with E-state index in [0.29, 0.717) is 18.8 Å². The maximum absolute atomic E-state index is 12.4. The molecule has 1 aromatic rings. The monoisotopic (exact) mass is 317 g/mol. The first-order valence-electron chi connectivity index (χ1n) is 8.47. The van der Waals surface area contributed by atoms with Crippen molar-refractivity contribution in [1.29, 1.82) is 0 Å². The van der Waals surface area contributed by atoms with E-state index < -0.39 is 11.5 Å². The Labute approximate surface area is 138 Å². The lowest BCUT2D eigenvalue weighted by Crippen LogP contribution is -2.56. The zero-order valence-corrected chi connectivity index (χ0v) is 14.3. The Bertz CT molecular complexity index is 586. The smallest absolute Gasteiger partial charge is 0.329 e. The zero-order chi connectivity index (χ0) is 17.0. The van der Waals surface area contributed by atoms with Crippen molar-refractivity contribution in [2.75, 3.05) is 0 Å². The van der Waals surface area contributed by atoms with E-state index in [-0.39, 0.29) is 12.3 Å². The van der Waals surface area contributed by atoms with Crippen LogP contribution in [0.2, 0.25) is 0 Å². The van der Waals surface area contributed by atoms with Gasteiger partial charge in [0.2, 0.25) is 5.91 Å². The molecule has 0 aliphatic heterocycles. The molecule has 4 nitrogen and oxygen atoms in total. The molecule has 1 saturated carbocycles. The van der Waals surface area contributed by atoms with Crippen LogP contribution in [0.25, 0.3) is 0 Å². The summed E-state index contributed by atoms with van der Waals surface area (Å²) in [5.74, 6) is -0.519. The number of rotatable bonds is 5. The van der Waals surface area contributed by atoms with Crippen molar-refractivity contribution >= 4 is 11.9 Å². The highest BCUT2D eigenvalue weighted by Gasteiger charge is 2.42. The number of hydrogen-bond donors (Lipinski definition) is 2. The maximum Gasteiger partial charge on any atom is 0.329 e. The number of benzene rings is 1. The molecule has 1 aliphatic rings. The molecule has 0 atom stereocenters. The Morgan fingerprint density at radius 3 is 2.43 bits per heavy atom. The van der Waals surface area contributed by atoms with Crippen LogP contribution in [0.4, 0.5) is 0 Å². The molecule has 2 rings (SSSR count). The standard InChI is InChI=1S/C19H27NO3/c1-4-15-7-9-19(10-8-15,18(22)23)20-17(21)12-16-6-5-13(2)11-14(16)3/h5-6,11,15H,4,7-10,12H2,1-3H3,(H,20,21)(H,22,23). The van der Waals surface area contributed by atoms with Gasteiger partial charge in [-0.15, -0.1) is 0 Å². The summed E-state index contributed by atoms with van der Waals surface area (Å²) >= 11 is 0. The number of aryl methyl sites for hydroxylation is 2. The average Bonchev–Trinajstić information content (AvgIpc) is 2.50. The van der Waals surface area contributed by atoms with Crippen molar-refractivity contribution in [3.8, 4) is 0 Å². The van der Waals surface area contributed by atoms with Crippen LogP contribution in [0.1, 0.15) is 55.7 Å². The fourth-order valence-electron chi connectivity index (χ4n) is 3.50. The maximum atomic E-state index is 12.4. The molecular formula is C19H27NO3. The van der Waals surface area contributed by atoms with Gasteiger partial charge in [0.15, 0.2) is 0 Å². The van der Waals surface area contributed by atoms with Gasteiger partial charge in [0, 0.05) is 0 Å². The first-order valence-corrected chi connectivity index (χ1v) is 8.47. The van der Waals surface area contributed by atoms with E-state index in [1.165, 1.54) is 0 Å². The first kappa shape index (κ1) is 17.5. The number of carbonyl (C=O) groups is 2. The summed E-state index contributed by atoms with van der Waals surface area (Å²) in [6.07, 6.45) is 4.10. The number of aliphatic carboxylic acids is 1. The summed E-state index contributed by atoms with van der Waals surface area (Å²) in [5.41, 5.74) is 2.10. The van der Waals surface area contributed by atoms with E-state index in [2.05, 4.69) is 12.2 Å². The summed E-state index contributed by atoms with van der Waals surface area (Å²) in [6, 6.07) is 5.97. The lowest BCUT2D eigenvalue weighted by molar-refractivity contribution is -0.149. The summed E-state index contributed by atoms with van der Waals surface area (Å²) < 4.78 is 0. The van der Waals surface area contributed by atoms with Crippen molar-refractivity contribution in [1.82, 2.24) is 5.32 Å². The third-order valence-electron chi connectivity index (χ3n) is 5.17. The first-order chi connectivity index (χ1) is 10.9. The summed E-state index contributed by atoms with van der Waals surface area (Å²) in [4.78, 5) is 24.2. The Morgan fingerprint density at radius 1 is 1.26 bits per heavy atom. The molecule has 1 aromatic carbocycles. The third kappa shape index (κ3) is 4.12. The molecule has 0 spiro atoms. The van der Waals surface area contributed by atoms with E-state index in [1.54, 1.807) is 0 Å². The molecule has 0 radical (unpaired) electrons. The average molecular weight is 317 g/mol. The molecule has 0 unspecified atom stereocenters. The van der Waals surface area contributed by atoms with E-state index in [4.69, 9.17) is 0 Å². The normalized spacial score (nSPS) is 24.2. The number of carboxylic acids is 1. The van der Waals surface area contributed by atoms with Gasteiger partial charge >= 0.3 is 5.97 Å². The largest absolute Gasteiger partial charge is 0.480 e. The van der Waals surface area contributed by atoms with Crippen LogP contribution in [0.5, 0.6) is 0 Å². The van der Waals surface area contributed by atoms with E-state index in [0.717, 1.165) is 36.0 Å². The van der Waals surface area contributed by atoms with Gasteiger partial charge in [-0.1, -0.05) is 37.1 Å². The SMILES string of the molecule is CCC1CCC(NC(=O)Cc2ccc(C)cc2C)(C(=O)O)CC1. The summed E-state index contributed by atoms with van der Waals surface area (Å²) in [7, 11) is 0. The van der Waals surface area contributed by atoms with Gasteiger partial charge in [0.05, 0.1) is 6.42 Å². The second-order valence-electron chi connectivity index (χ2n) is 6.89. The second-order valence-corrected chi connectivity index (χ2v) is 6.89. The van der Waals surface area contributed by atoms with Crippen LogP contribution in [-0.2, 0) is 16.0 Å². The number of carbonyl (C=O) groups excluding carboxylic acids is 1. The van der Waals surface area contributed by atoms with E-state index in [1.807, 2.05) is 32.0 Å². The minimum absolute atomic E-state index is 0.200. The van der Waals surface area contributed by atoms with Crippen molar-refractivity contribution in [3.63, 3.8) is 0 Å². The predicted octanol–water partition coefficient (Wildman–Crippen LogP) is 3.39. The molecule has 0 bridgehead atoms. The Balaban J connectivity index is 2.05. The number of carboxylic acid groups (broad SMARTS) is 1. The molecule has 126 valence electrons. The van der Waals surface area contributed by atoms with E-state index >= 15 is 0 Å². The topological polar surface area (TPSA) is 66.4 Å². The van der Waals surface area contributed by atoms with Crippen LogP contribution in [-0.4, -0.2) is 22.5 Å². The molecule has 23 heavy (non-hydrogen) atoms. The fraction of sp³-hybridized carbons (Fsp3) is 0.579. The second kappa shape index (κ2) is 7.16. The van der Waals surface area contributed by atoms with Gasteiger partial charge in [-0.3, -0.25) is 4.79 Å². The Kier molecular flexibility index (Phi) is 5.45. The van der Waals surface area contributed by atoms with Gasteiger partial charge in [0.1, 0.15) is 5.54 Å². The molecule has 2 N–H and O–H groups in total. The van der Waals surface area contributed by atoms with Crippen molar-refractivity contribution in [2.45, 2.75) is 64.8 Å². The van der Waals surface area contributed by atoms with Gasteiger partial charge in [-0.2, -0.15) is 0 Å². The molecule has 0 aromatic heterocycles. The zero-order valence-electron chi connectivity index (χ0n) is 14.3. The summed E-state index contributed by atoms with van der Waals surface area (Å²) in [5, 5.41) is 12.5. The van der Waals surface area contributed by atoms with Crippen molar-refractivity contribution in [2.24, 2.45) is 5.92 Å². The molecule has 1 aliphatic carbocycles. The quantitative estimate of drug-likeness (QED) is 0.875. The van der Waals surface area contributed by atoms with Crippen LogP contribution >= 0.6 is 0 Å². The lowest BCUT2D eigenvalue weighted by Gasteiger charge is -2.37. The highest BCUT2D eigenvalue weighted by Crippen LogP contribution is 2.34.